The molecule has 0 atom stereocenters. The van der Waals surface area contributed by atoms with Crippen LogP contribution in [0.5, 0.6) is 0 Å². The lowest BCUT2D eigenvalue weighted by Gasteiger charge is -2.21. The zero-order valence-electron chi connectivity index (χ0n) is 6.88. The minimum Gasteiger partial charge on any atom is -0.280 e. The highest BCUT2D eigenvalue weighted by atomic mass is 32.3. The summed E-state index contributed by atoms with van der Waals surface area (Å²) in [6.07, 6.45) is 1.26. The molecule has 0 saturated heterocycles. The normalized spacial score (nSPS) is 13.8. The van der Waals surface area contributed by atoms with Crippen molar-refractivity contribution in [1.82, 2.24) is 15.0 Å². The van der Waals surface area contributed by atoms with Crippen molar-refractivity contribution in [3.63, 3.8) is 0 Å². The van der Waals surface area contributed by atoms with Crippen LogP contribution in [0.25, 0.3) is 0 Å². The Hall–Kier alpha value is -0.630. The lowest BCUT2D eigenvalue weighted by molar-refractivity contribution is 0.447. The van der Waals surface area contributed by atoms with Crippen LogP contribution >= 0.6 is 10.8 Å². The Morgan fingerprint density at radius 2 is 2.17 bits per heavy atom. The predicted molar refractivity (Wildman–Crippen MR) is 45.7 cm³/mol. The first-order chi connectivity index (χ1) is 5.41. The van der Waals surface area contributed by atoms with Gasteiger partial charge in [-0.3, -0.25) is 9.11 Å². The molecule has 1 aromatic rings. The molecule has 1 rings (SSSR count). The Morgan fingerprint density at radius 1 is 1.58 bits per heavy atom. The topological polar surface area (TPSA) is 97.2 Å². The van der Waals surface area contributed by atoms with E-state index in [1.807, 2.05) is 13.8 Å². The number of rotatable bonds is 2. The molecular weight excluding hydrogens is 180 g/mol. The van der Waals surface area contributed by atoms with Gasteiger partial charge in [-0.05, 0) is 13.8 Å². The first-order valence-electron chi connectivity index (χ1n) is 3.39. The van der Waals surface area contributed by atoms with Gasteiger partial charge in [0.2, 0.25) is 5.03 Å². The Labute approximate surface area is 71.9 Å². The highest BCUT2D eigenvalue weighted by Crippen LogP contribution is 2.37. The van der Waals surface area contributed by atoms with Crippen molar-refractivity contribution in [2.24, 2.45) is 5.14 Å². The maximum Gasteiger partial charge on any atom is 0.205 e. The van der Waals surface area contributed by atoms with E-state index in [4.69, 9.17) is 14.2 Å². The zero-order chi connectivity index (χ0) is 9.35. The average molecular weight is 192 g/mol. The number of hydrogen-bond acceptors (Lipinski definition) is 5. The standard InChI is InChI=1S/C5H12N4O2S/c1-4(2)9-7-3-5(8-9)12(6,10)11/h3-4,10-11H,6H2,1-2H3. The fourth-order valence-corrected chi connectivity index (χ4v) is 1.05. The van der Waals surface area contributed by atoms with Gasteiger partial charge in [0.15, 0.2) is 0 Å². The summed E-state index contributed by atoms with van der Waals surface area (Å²) >= 11 is 0. The van der Waals surface area contributed by atoms with Gasteiger partial charge in [0.25, 0.3) is 0 Å². The molecule has 0 saturated carbocycles. The fraction of sp³-hybridized carbons (Fsp3) is 0.600. The van der Waals surface area contributed by atoms with Gasteiger partial charge in [-0.1, -0.05) is 10.8 Å². The van der Waals surface area contributed by atoms with Crippen LogP contribution in [0.4, 0.5) is 0 Å². The first-order valence-corrected chi connectivity index (χ1v) is 5.00. The quantitative estimate of drug-likeness (QED) is 0.645. The summed E-state index contributed by atoms with van der Waals surface area (Å²) in [4.78, 5) is 1.37. The van der Waals surface area contributed by atoms with Gasteiger partial charge in [-0.15, -0.1) is 5.10 Å². The third-order valence-corrected chi connectivity index (χ3v) is 2.06. The second-order valence-corrected chi connectivity index (χ2v) is 4.29. The second kappa shape index (κ2) is 3.02. The summed E-state index contributed by atoms with van der Waals surface area (Å²) < 4.78 is 18.0. The van der Waals surface area contributed by atoms with Gasteiger partial charge in [0.1, 0.15) is 0 Å². The lowest BCUT2D eigenvalue weighted by atomic mass is 10.4. The molecule has 0 aliphatic heterocycles. The van der Waals surface area contributed by atoms with Crippen molar-refractivity contribution >= 4 is 10.8 Å². The Balaban J connectivity index is 2.92. The van der Waals surface area contributed by atoms with Crippen molar-refractivity contribution in [1.29, 1.82) is 0 Å². The molecule has 1 heterocycles. The van der Waals surface area contributed by atoms with Gasteiger partial charge in [0, 0.05) is 0 Å². The number of aromatic nitrogens is 3. The molecule has 0 unspecified atom stereocenters. The summed E-state index contributed by atoms with van der Waals surface area (Å²) in [6, 6.07) is 0.0838. The molecule has 6 nitrogen and oxygen atoms in total. The SMILES string of the molecule is CC(C)n1ncc(S(N)(O)O)n1. The number of hydrogen-bond donors (Lipinski definition) is 3. The monoisotopic (exact) mass is 192 g/mol. The van der Waals surface area contributed by atoms with E-state index in [0.29, 0.717) is 0 Å². The second-order valence-electron chi connectivity index (χ2n) is 2.69. The molecule has 0 fully saturated rings. The van der Waals surface area contributed by atoms with E-state index >= 15 is 0 Å². The summed E-state index contributed by atoms with van der Waals surface area (Å²) in [5.41, 5.74) is 0. The molecule has 0 aliphatic rings. The third kappa shape index (κ3) is 1.95. The van der Waals surface area contributed by atoms with Crippen molar-refractivity contribution in [2.45, 2.75) is 24.9 Å². The molecular formula is C5H12N4O2S. The van der Waals surface area contributed by atoms with Crippen LogP contribution in [-0.2, 0) is 0 Å². The molecule has 4 N–H and O–H groups in total. The Bertz CT molecular complexity index is 267. The van der Waals surface area contributed by atoms with E-state index in [0.717, 1.165) is 0 Å². The maximum absolute atomic E-state index is 8.98. The van der Waals surface area contributed by atoms with Crippen molar-refractivity contribution in [2.75, 3.05) is 0 Å². The molecule has 0 aliphatic carbocycles. The molecule has 0 amide bonds. The fourth-order valence-electron chi connectivity index (χ4n) is 0.648. The van der Waals surface area contributed by atoms with Gasteiger partial charge in [-0.2, -0.15) is 9.90 Å². The Kier molecular flexibility index (Phi) is 2.38. The Morgan fingerprint density at radius 3 is 2.42 bits per heavy atom. The minimum atomic E-state index is -3.21. The van der Waals surface area contributed by atoms with E-state index in [1.165, 1.54) is 11.0 Å². The van der Waals surface area contributed by atoms with Crippen molar-refractivity contribution < 1.29 is 9.11 Å². The zero-order valence-corrected chi connectivity index (χ0v) is 7.69. The average Bonchev–Trinajstić information content (AvgIpc) is 2.30. The van der Waals surface area contributed by atoms with Crippen LogP contribution in [0.1, 0.15) is 19.9 Å². The highest BCUT2D eigenvalue weighted by Gasteiger charge is 2.14. The molecule has 12 heavy (non-hydrogen) atoms. The van der Waals surface area contributed by atoms with E-state index < -0.39 is 10.8 Å². The van der Waals surface area contributed by atoms with Crippen LogP contribution < -0.4 is 5.14 Å². The van der Waals surface area contributed by atoms with Gasteiger partial charge < -0.3 is 0 Å². The molecule has 7 heteroatoms. The summed E-state index contributed by atoms with van der Waals surface area (Å²) in [5, 5.41) is 12.7. The number of nitrogens with two attached hydrogens (primary N) is 1. The van der Waals surface area contributed by atoms with E-state index in [1.54, 1.807) is 0 Å². The third-order valence-electron chi connectivity index (χ3n) is 1.26. The van der Waals surface area contributed by atoms with Gasteiger partial charge >= 0.3 is 0 Å². The van der Waals surface area contributed by atoms with E-state index in [9.17, 15) is 0 Å². The molecule has 0 radical (unpaired) electrons. The van der Waals surface area contributed by atoms with Crippen LogP contribution in [0.3, 0.4) is 0 Å². The largest absolute Gasteiger partial charge is 0.280 e. The smallest absolute Gasteiger partial charge is 0.205 e. The van der Waals surface area contributed by atoms with Crippen LogP contribution in [0.2, 0.25) is 0 Å². The molecule has 70 valence electrons. The minimum absolute atomic E-state index is 0.0243. The molecule has 0 aromatic carbocycles. The van der Waals surface area contributed by atoms with Crippen molar-refractivity contribution in [3.8, 4) is 0 Å². The van der Waals surface area contributed by atoms with Crippen molar-refractivity contribution in [3.05, 3.63) is 6.20 Å². The lowest BCUT2D eigenvalue weighted by Crippen LogP contribution is -2.11. The number of nitrogens with zero attached hydrogens (tertiary/aromatic N) is 3. The highest BCUT2D eigenvalue weighted by molar-refractivity contribution is 8.22. The molecule has 1 aromatic heterocycles. The maximum atomic E-state index is 8.98. The van der Waals surface area contributed by atoms with Gasteiger partial charge in [-0.25, -0.2) is 5.14 Å². The summed E-state index contributed by atoms with van der Waals surface area (Å²) in [5.74, 6) is 0. The molecule has 0 bridgehead atoms. The summed E-state index contributed by atoms with van der Waals surface area (Å²) in [6.45, 7) is 3.76. The molecule has 0 spiro atoms. The predicted octanol–water partition coefficient (Wildman–Crippen LogP) is 0.842. The van der Waals surface area contributed by atoms with Crippen LogP contribution in [0.15, 0.2) is 11.2 Å². The van der Waals surface area contributed by atoms with E-state index in [-0.39, 0.29) is 11.1 Å². The van der Waals surface area contributed by atoms with Crippen LogP contribution in [-0.4, -0.2) is 24.1 Å². The van der Waals surface area contributed by atoms with E-state index in [2.05, 4.69) is 10.2 Å². The van der Waals surface area contributed by atoms with Crippen LogP contribution in [0, 0.1) is 0 Å². The summed E-state index contributed by atoms with van der Waals surface area (Å²) in [7, 11) is -3.21. The first kappa shape index (κ1) is 9.46. The van der Waals surface area contributed by atoms with Gasteiger partial charge in [0.05, 0.1) is 12.2 Å².